The molecule has 1 aromatic rings. The normalized spacial score (nSPS) is 24.8. The van der Waals surface area contributed by atoms with Crippen molar-refractivity contribution >= 4 is 35.2 Å². The summed E-state index contributed by atoms with van der Waals surface area (Å²) in [7, 11) is 0. The van der Waals surface area contributed by atoms with Crippen molar-refractivity contribution in [3.63, 3.8) is 0 Å². The molecule has 142 valence electrons. The predicted molar refractivity (Wildman–Crippen MR) is 95.9 cm³/mol. The number of benzene rings is 1. The highest BCUT2D eigenvalue weighted by molar-refractivity contribution is 6.08. The molecule has 0 unspecified atom stereocenters. The van der Waals surface area contributed by atoms with Gasteiger partial charge in [0.2, 0.25) is 17.7 Å². The molecule has 8 heteroatoms. The fourth-order valence-corrected chi connectivity index (χ4v) is 4.11. The fraction of sp³-hybridized carbons (Fsp3) is 0.474. The summed E-state index contributed by atoms with van der Waals surface area (Å²) in [6.45, 7) is 0.507. The standard InChI is InChI=1S/C19H21N3O5/c23-16(11-22-17(24)14-6-1-2-7-15(14)18(22)25)20-12-4-3-5-13(10-12)21-8-9-27-19(21)26/h3-5,10,14-15H,1-2,6-9,11H2,(H,20,23)/t14-,15-/m1/s1. The lowest BCUT2D eigenvalue weighted by atomic mass is 9.81. The van der Waals surface area contributed by atoms with Crippen LogP contribution in [0.4, 0.5) is 16.2 Å². The Balaban J connectivity index is 1.42. The third-order valence-corrected chi connectivity index (χ3v) is 5.44. The van der Waals surface area contributed by atoms with Gasteiger partial charge in [-0.3, -0.25) is 24.2 Å². The quantitative estimate of drug-likeness (QED) is 0.814. The number of fused-ring (bicyclic) bond motifs is 1. The Bertz CT molecular complexity index is 784. The summed E-state index contributed by atoms with van der Waals surface area (Å²) in [5, 5.41) is 2.71. The van der Waals surface area contributed by atoms with Crippen molar-refractivity contribution in [1.29, 1.82) is 0 Å². The van der Waals surface area contributed by atoms with Crippen molar-refractivity contribution in [3.8, 4) is 0 Å². The van der Waals surface area contributed by atoms with Crippen LogP contribution in [0.1, 0.15) is 25.7 Å². The van der Waals surface area contributed by atoms with Crippen LogP contribution in [0.15, 0.2) is 24.3 Å². The highest BCUT2D eigenvalue weighted by atomic mass is 16.6. The van der Waals surface area contributed by atoms with E-state index >= 15 is 0 Å². The van der Waals surface area contributed by atoms with Crippen LogP contribution < -0.4 is 10.2 Å². The maximum Gasteiger partial charge on any atom is 0.414 e. The van der Waals surface area contributed by atoms with Crippen LogP contribution in [-0.2, 0) is 19.1 Å². The Hall–Kier alpha value is -2.90. The van der Waals surface area contributed by atoms with Crippen molar-refractivity contribution in [3.05, 3.63) is 24.3 Å². The Morgan fingerprint density at radius 3 is 2.44 bits per heavy atom. The molecule has 0 spiro atoms. The van der Waals surface area contributed by atoms with Crippen LogP contribution in [0.3, 0.4) is 0 Å². The smallest absolute Gasteiger partial charge is 0.414 e. The highest BCUT2D eigenvalue weighted by Gasteiger charge is 2.48. The monoisotopic (exact) mass is 371 g/mol. The van der Waals surface area contributed by atoms with Gasteiger partial charge in [0, 0.05) is 11.4 Å². The van der Waals surface area contributed by atoms with Gasteiger partial charge < -0.3 is 10.1 Å². The SMILES string of the molecule is O=C(CN1C(=O)[C@@H]2CCCC[C@H]2C1=O)Nc1cccc(N2CCOC2=O)c1. The molecule has 2 saturated heterocycles. The van der Waals surface area contributed by atoms with Gasteiger partial charge in [0.25, 0.3) is 0 Å². The number of rotatable bonds is 4. The van der Waals surface area contributed by atoms with E-state index in [9.17, 15) is 19.2 Å². The first-order valence-corrected chi connectivity index (χ1v) is 9.24. The largest absolute Gasteiger partial charge is 0.447 e. The summed E-state index contributed by atoms with van der Waals surface area (Å²) in [5.74, 6) is -1.41. The summed E-state index contributed by atoms with van der Waals surface area (Å²) in [6, 6.07) is 6.83. The molecule has 1 saturated carbocycles. The average Bonchev–Trinajstić information content (AvgIpc) is 3.20. The topological polar surface area (TPSA) is 96.0 Å². The second-order valence-corrected chi connectivity index (χ2v) is 7.12. The van der Waals surface area contributed by atoms with Crippen LogP contribution >= 0.6 is 0 Å². The minimum absolute atomic E-state index is 0.228. The number of carbonyl (C=O) groups is 4. The van der Waals surface area contributed by atoms with E-state index in [-0.39, 0.29) is 30.2 Å². The van der Waals surface area contributed by atoms with Gasteiger partial charge in [0.05, 0.1) is 18.4 Å². The maximum absolute atomic E-state index is 12.5. The Kier molecular flexibility index (Phi) is 4.55. The molecule has 2 heterocycles. The third-order valence-electron chi connectivity index (χ3n) is 5.44. The number of amides is 4. The van der Waals surface area contributed by atoms with E-state index in [1.165, 1.54) is 4.90 Å². The number of carbonyl (C=O) groups excluding carboxylic acids is 4. The molecule has 0 aromatic heterocycles. The van der Waals surface area contributed by atoms with E-state index in [0.29, 0.717) is 24.5 Å². The number of imide groups is 1. The fourth-order valence-electron chi connectivity index (χ4n) is 4.11. The molecule has 0 bridgehead atoms. The first-order valence-electron chi connectivity index (χ1n) is 9.24. The molecule has 4 amide bonds. The molecule has 0 radical (unpaired) electrons. The maximum atomic E-state index is 12.5. The van der Waals surface area contributed by atoms with E-state index in [0.717, 1.165) is 30.6 Å². The summed E-state index contributed by atoms with van der Waals surface area (Å²) >= 11 is 0. The van der Waals surface area contributed by atoms with Gasteiger partial charge in [0.1, 0.15) is 13.2 Å². The van der Waals surface area contributed by atoms with Gasteiger partial charge in [-0.25, -0.2) is 4.79 Å². The zero-order valence-electron chi connectivity index (χ0n) is 14.8. The number of ether oxygens (including phenoxy) is 1. The molecule has 1 aromatic carbocycles. The van der Waals surface area contributed by atoms with E-state index in [1.807, 2.05) is 0 Å². The van der Waals surface area contributed by atoms with Gasteiger partial charge in [-0.15, -0.1) is 0 Å². The van der Waals surface area contributed by atoms with Crippen molar-refractivity contribution in [2.75, 3.05) is 29.9 Å². The second kappa shape index (κ2) is 7.02. The number of likely N-dealkylation sites (tertiary alicyclic amines) is 1. The van der Waals surface area contributed by atoms with Crippen LogP contribution in [0, 0.1) is 11.8 Å². The van der Waals surface area contributed by atoms with Crippen LogP contribution in [0.25, 0.3) is 0 Å². The van der Waals surface area contributed by atoms with Crippen LogP contribution in [0.5, 0.6) is 0 Å². The molecule has 1 aliphatic carbocycles. The van der Waals surface area contributed by atoms with E-state index in [1.54, 1.807) is 24.3 Å². The Labute approximate surface area is 156 Å². The molecular weight excluding hydrogens is 350 g/mol. The van der Waals surface area contributed by atoms with Gasteiger partial charge in [-0.1, -0.05) is 18.9 Å². The van der Waals surface area contributed by atoms with Crippen molar-refractivity contribution in [2.45, 2.75) is 25.7 Å². The van der Waals surface area contributed by atoms with Crippen LogP contribution in [-0.4, -0.2) is 48.4 Å². The first kappa shape index (κ1) is 17.5. The van der Waals surface area contributed by atoms with Gasteiger partial charge in [-0.2, -0.15) is 0 Å². The molecule has 3 fully saturated rings. The molecule has 3 aliphatic rings. The number of cyclic esters (lactones) is 1. The minimum atomic E-state index is -0.434. The Morgan fingerprint density at radius 2 is 1.81 bits per heavy atom. The van der Waals surface area contributed by atoms with Gasteiger partial charge in [0.15, 0.2) is 0 Å². The Morgan fingerprint density at radius 1 is 1.11 bits per heavy atom. The van der Waals surface area contributed by atoms with Crippen molar-refractivity contribution in [1.82, 2.24) is 4.90 Å². The summed E-state index contributed by atoms with van der Waals surface area (Å²) in [4.78, 5) is 51.6. The molecular formula is C19H21N3O5. The molecule has 8 nitrogen and oxygen atoms in total. The van der Waals surface area contributed by atoms with Crippen molar-refractivity contribution in [2.24, 2.45) is 11.8 Å². The molecule has 2 aliphatic heterocycles. The summed E-state index contributed by atoms with van der Waals surface area (Å²) < 4.78 is 4.92. The zero-order chi connectivity index (χ0) is 19.0. The van der Waals surface area contributed by atoms with E-state index in [2.05, 4.69) is 5.32 Å². The molecule has 1 N–H and O–H groups in total. The number of nitrogens with zero attached hydrogens (tertiary/aromatic N) is 2. The number of hydrogen-bond donors (Lipinski definition) is 1. The third kappa shape index (κ3) is 3.27. The first-order chi connectivity index (χ1) is 13.0. The highest BCUT2D eigenvalue weighted by Crippen LogP contribution is 2.37. The van der Waals surface area contributed by atoms with Crippen LogP contribution in [0.2, 0.25) is 0 Å². The second-order valence-electron chi connectivity index (χ2n) is 7.12. The molecule has 4 rings (SSSR count). The van der Waals surface area contributed by atoms with Crippen molar-refractivity contribution < 1.29 is 23.9 Å². The number of anilines is 2. The molecule has 2 atom stereocenters. The summed E-state index contributed by atoms with van der Waals surface area (Å²) in [6.07, 6.45) is 2.93. The lowest BCUT2D eigenvalue weighted by molar-refractivity contribution is -0.142. The van der Waals surface area contributed by atoms with E-state index in [4.69, 9.17) is 4.74 Å². The zero-order valence-corrected chi connectivity index (χ0v) is 14.8. The van der Waals surface area contributed by atoms with E-state index < -0.39 is 12.0 Å². The lowest BCUT2D eigenvalue weighted by Crippen LogP contribution is -2.38. The average molecular weight is 371 g/mol. The number of nitrogens with one attached hydrogen (secondary N) is 1. The summed E-state index contributed by atoms with van der Waals surface area (Å²) in [5.41, 5.74) is 1.11. The van der Waals surface area contributed by atoms with Gasteiger partial charge in [-0.05, 0) is 31.0 Å². The lowest BCUT2D eigenvalue weighted by Gasteiger charge is -2.19. The molecule has 27 heavy (non-hydrogen) atoms. The number of hydrogen-bond acceptors (Lipinski definition) is 5. The minimum Gasteiger partial charge on any atom is -0.447 e. The van der Waals surface area contributed by atoms with Gasteiger partial charge >= 0.3 is 6.09 Å². The predicted octanol–water partition coefficient (Wildman–Crippen LogP) is 1.76.